The molecule has 0 unspecified atom stereocenters. The Kier molecular flexibility index (Phi) is 7.63. The summed E-state index contributed by atoms with van der Waals surface area (Å²) >= 11 is 2.72. The highest BCUT2D eigenvalue weighted by atomic mass is 32.2. The Bertz CT molecular complexity index is 1150. The van der Waals surface area contributed by atoms with Crippen LogP contribution in [0.3, 0.4) is 0 Å². The van der Waals surface area contributed by atoms with Gasteiger partial charge >= 0.3 is 0 Å². The van der Waals surface area contributed by atoms with E-state index in [0.717, 1.165) is 28.1 Å². The van der Waals surface area contributed by atoms with Gasteiger partial charge in [-0.3, -0.25) is 14.4 Å². The van der Waals surface area contributed by atoms with Gasteiger partial charge in [0, 0.05) is 5.75 Å². The number of nitrogens with zero attached hydrogens (tertiary/aromatic N) is 3. The second-order valence-corrected chi connectivity index (χ2v) is 10.7. The Morgan fingerprint density at radius 1 is 1.16 bits per heavy atom. The molecule has 0 fully saturated rings. The molecule has 0 aliphatic carbocycles. The molecular formula is C20H21FN4O3S3. The van der Waals surface area contributed by atoms with Crippen molar-refractivity contribution in [3.8, 4) is 0 Å². The summed E-state index contributed by atoms with van der Waals surface area (Å²) in [4.78, 5) is 12.6. The molecule has 0 saturated carbocycles. The third kappa shape index (κ3) is 5.81. The zero-order chi connectivity index (χ0) is 22.4. The lowest BCUT2D eigenvalue weighted by Crippen LogP contribution is -2.38. The van der Waals surface area contributed by atoms with Crippen LogP contribution in [0.15, 0.2) is 57.8 Å². The number of para-hydroxylation sites is 1. The van der Waals surface area contributed by atoms with Crippen LogP contribution >= 0.6 is 23.1 Å². The van der Waals surface area contributed by atoms with Crippen molar-refractivity contribution in [3.63, 3.8) is 0 Å². The molecule has 0 saturated heterocycles. The number of sulfonamides is 1. The van der Waals surface area contributed by atoms with Crippen LogP contribution in [-0.2, 0) is 14.8 Å². The van der Waals surface area contributed by atoms with Gasteiger partial charge in [0.15, 0.2) is 4.34 Å². The average molecular weight is 481 g/mol. The quantitative estimate of drug-likeness (QED) is 0.362. The van der Waals surface area contributed by atoms with Gasteiger partial charge in [-0.2, -0.15) is 0 Å². The lowest BCUT2D eigenvalue weighted by Gasteiger charge is -2.24. The van der Waals surface area contributed by atoms with Gasteiger partial charge in [-0.05, 0) is 37.6 Å². The predicted octanol–water partition coefficient (Wildman–Crippen LogP) is 4.32. The van der Waals surface area contributed by atoms with Crippen molar-refractivity contribution in [2.24, 2.45) is 0 Å². The number of rotatable bonds is 9. The number of nitrogens with one attached hydrogen (secondary N) is 1. The summed E-state index contributed by atoms with van der Waals surface area (Å²) in [6.07, 6.45) is 0.973. The highest BCUT2D eigenvalue weighted by Gasteiger charge is 2.29. The normalized spacial score (nSPS) is 11.3. The molecule has 2 aromatic carbocycles. The Labute approximate surface area is 188 Å². The van der Waals surface area contributed by atoms with E-state index in [9.17, 15) is 17.6 Å². The Hall–Kier alpha value is -2.50. The van der Waals surface area contributed by atoms with Gasteiger partial charge in [0.1, 0.15) is 12.4 Å². The van der Waals surface area contributed by atoms with E-state index in [1.165, 1.54) is 53.4 Å². The van der Waals surface area contributed by atoms with E-state index < -0.39 is 28.3 Å². The molecule has 1 aromatic heterocycles. The molecule has 1 amide bonds. The van der Waals surface area contributed by atoms with Gasteiger partial charge in [-0.25, -0.2) is 12.8 Å². The summed E-state index contributed by atoms with van der Waals surface area (Å²) in [6, 6.07) is 11.6. The lowest BCUT2D eigenvalue weighted by molar-refractivity contribution is -0.114. The molecule has 0 spiro atoms. The second-order valence-electron chi connectivity index (χ2n) is 6.55. The van der Waals surface area contributed by atoms with E-state index in [4.69, 9.17) is 0 Å². The van der Waals surface area contributed by atoms with Crippen LogP contribution in [0.1, 0.15) is 18.9 Å². The minimum Gasteiger partial charge on any atom is -0.299 e. The lowest BCUT2D eigenvalue weighted by atomic mass is 10.2. The Balaban J connectivity index is 1.87. The second kappa shape index (κ2) is 10.2. The minimum absolute atomic E-state index is 0.0386. The van der Waals surface area contributed by atoms with Crippen molar-refractivity contribution in [3.05, 3.63) is 59.9 Å². The highest BCUT2D eigenvalue weighted by molar-refractivity contribution is 8.01. The fourth-order valence-corrected chi connectivity index (χ4v) is 5.71. The third-order valence-electron chi connectivity index (χ3n) is 4.10. The summed E-state index contributed by atoms with van der Waals surface area (Å²) in [5.74, 6) is -0.527. The van der Waals surface area contributed by atoms with Crippen LogP contribution in [0.5, 0.6) is 0 Å². The standard InChI is InChI=1S/C20H21FN4O3S3/c1-3-12-29-20-24-23-19(30-20)22-18(26)13-25(17-7-5-4-6-16(17)21)31(27,28)15-10-8-14(2)9-11-15/h4-11H,3,12-13H2,1-2H3,(H,22,23,26). The van der Waals surface area contributed by atoms with Crippen molar-refractivity contribution in [1.29, 1.82) is 0 Å². The monoisotopic (exact) mass is 480 g/mol. The number of hydrogen-bond donors (Lipinski definition) is 1. The molecular weight excluding hydrogens is 459 g/mol. The summed E-state index contributed by atoms with van der Waals surface area (Å²) in [7, 11) is -4.19. The zero-order valence-electron chi connectivity index (χ0n) is 16.9. The number of carbonyl (C=O) groups is 1. The van der Waals surface area contributed by atoms with E-state index in [2.05, 4.69) is 15.5 Å². The number of amides is 1. The summed E-state index contributed by atoms with van der Waals surface area (Å²) in [5, 5.41) is 10.7. The Morgan fingerprint density at radius 3 is 2.55 bits per heavy atom. The molecule has 1 N–H and O–H groups in total. The van der Waals surface area contributed by atoms with Crippen LogP contribution < -0.4 is 9.62 Å². The molecule has 0 aliphatic rings. The molecule has 0 aliphatic heterocycles. The van der Waals surface area contributed by atoms with Crippen molar-refractivity contribution in [2.75, 3.05) is 21.9 Å². The first kappa shape index (κ1) is 23.2. The number of hydrogen-bond acceptors (Lipinski definition) is 7. The van der Waals surface area contributed by atoms with Crippen LogP contribution in [0.4, 0.5) is 15.2 Å². The highest BCUT2D eigenvalue weighted by Crippen LogP contribution is 2.28. The maximum atomic E-state index is 14.5. The van der Waals surface area contributed by atoms with Crippen molar-refractivity contribution in [1.82, 2.24) is 10.2 Å². The van der Waals surface area contributed by atoms with Crippen LogP contribution in [0.2, 0.25) is 0 Å². The maximum absolute atomic E-state index is 14.5. The minimum atomic E-state index is -4.19. The SMILES string of the molecule is CCCSc1nnc(NC(=O)CN(c2ccccc2F)S(=O)(=O)c2ccc(C)cc2)s1. The maximum Gasteiger partial charge on any atom is 0.264 e. The van der Waals surface area contributed by atoms with E-state index in [-0.39, 0.29) is 15.7 Å². The molecule has 3 aromatic rings. The number of aryl methyl sites for hydroxylation is 1. The topological polar surface area (TPSA) is 92.3 Å². The first-order valence-corrected chi connectivity index (χ1v) is 12.7. The molecule has 7 nitrogen and oxygen atoms in total. The molecule has 0 atom stereocenters. The predicted molar refractivity (Wildman–Crippen MR) is 122 cm³/mol. The molecule has 31 heavy (non-hydrogen) atoms. The first-order valence-electron chi connectivity index (χ1n) is 9.41. The van der Waals surface area contributed by atoms with Gasteiger partial charge in [0.05, 0.1) is 10.6 Å². The molecule has 0 bridgehead atoms. The number of benzene rings is 2. The largest absolute Gasteiger partial charge is 0.299 e. The number of halogens is 1. The zero-order valence-corrected chi connectivity index (χ0v) is 19.4. The summed E-state index contributed by atoms with van der Waals surface area (Å²) < 4.78 is 42.5. The van der Waals surface area contributed by atoms with Crippen LogP contribution in [0.25, 0.3) is 0 Å². The fraction of sp³-hybridized carbons (Fsp3) is 0.250. The number of aromatic nitrogens is 2. The third-order valence-corrected chi connectivity index (χ3v) is 8.05. The molecule has 0 radical (unpaired) electrons. The van der Waals surface area contributed by atoms with E-state index in [1.54, 1.807) is 12.1 Å². The summed E-state index contributed by atoms with van der Waals surface area (Å²) in [5.41, 5.74) is 0.664. The van der Waals surface area contributed by atoms with Gasteiger partial charge in [0.25, 0.3) is 10.0 Å². The van der Waals surface area contributed by atoms with Gasteiger partial charge in [-0.15, -0.1) is 10.2 Å². The van der Waals surface area contributed by atoms with Crippen molar-refractivity contribution < 1.29 is 17.6 Å². The van der Waals surface area contributed by atoms with Gasteiger partial charge < -0.3 is 0 Å². The fourth-order valence-electron chi connectivity index (χ4n) is 2.59. The number of anilines is 2. The number of carbonyl (C=O) groups excluding carboxylic acids is 1. The average Bonchev–Trinajstić information content (AvgIpc) is 3.18. The van der Waals surface area contributed by atoms with Crippen LogP contribution in [0, 0.1) is 12.7 Å². The van der Waals surface area contributed by atoms with Crippen molar-refractivity contribution >= 4 is 49.8 Å². The van der Waals surface area contributed by atoms with Gasteiger partial charge in [0.2, 0.25) is 11.0 Å². The first-order chi connectivity index (χ1) is 14.8. The van der Waals surface area contributed by atoms with E-state index in [0.29, 0.717) is 4.34 Å². The number of thioether (sulfide) groups is 1. The summed E-state index contributed by atoms with van der Waals surface area (Å²) in [6.45, 7) is 3.25. The molecule has 3 rings (SSSR count). The molecule has 164 valence electrons. The van der Waals surface area contributed by atoms with Crippen molar-refractivity contribution in [2.45, 2.75) is 29.5 Å². The molecule has 1 heterocycles. The van der Waals surface area contributed by atoms with E-state index in [1.807, 2.05) is 13.8 Å². The van der Waals surface area contributed by atoms with Gasteiger partial charge in [-0.1, -0.05) is 59.9 Å². The smallest absolute Gasteiger partial charge is 0.264 e. The van der Waals surface area contributed by atoms with Crippen LogP contribution in [-0.4, -0.2) is 36.8 Å². The van der Waals surface area contributed by atoms with E-state index >= 15 is 0 Å². The Morgan fingerprint density at radius 2 is 1.87 bits per heavy atom. The molecule has 11 heteroatoms.